The van der Waals surface area contributed by atoms with Gasteiger partial charge in [-0.25, -0.2) is 0 Å². The summed E-state index contributed by atoms with van der Waals surface area (Å²) in [6.07, 6.45) is 5.14. The minimum absolute atomic E-state index is 0.163. The largest absolute Gasteiger partial charge is 0.507 e. The first-order valence-electron chi connectivity index (χ1n) is 7.79. The lowest BCUT2D eigenvalue weighted by atomic mass is 10.1. The van der Waals surface area contributed by atoms with E-state index in [0.29, 0.717) is 6.54 Å². The summed E-state index contributed by atoms with van der Waals surface area (Å²) in [6, 6.07) is 14.4. The van der Waals surface area contributed by atoms with Gasteiger partial charge >= 0.3 is 0 Å². The van der Waals surface area contributed by atoms with E-state index >= 15 is 0 Å². The van der Waals surface area contributed by atoms with Gasteiger partial charge in [0.15, 0.2) is 0 Å². The van der Waals surface area contributed by atoms with Crippen LogP contribution in [0.2, 0.25) is 0 Å². The number of aromatic hydroxyl groups is 2. The first kappa shape index (κ1) is 16.7. The molecule has 2 N–H and O–H groups in total. The van der Waals surface area contributed by atoms with Crippen molar-refractivity contribution in [3.8, 4) is 11.5 Å². The second-order valence-electron chi connectivity index (χ2n) is 5.28. The van der Waals surface area contributed by atoms with E-state index in [2.05, 4.69) is 16.9 Å². The Labute approximate surface area is 136 Å². The number of phenols is 2. The Kier molecular flexibility index (Phi) is 6.36. The molecule has 2 rings (SSSR count). The maximum Gasteiger partial charge on any atom is 0.124 e. The van der Waals surface area contributed by atoms with Gasteiger partial charge in [-0.1, -0.05) is 31.2 Å². The predicted molar refractivity (Wildman–Crippen MR) is 95.0 cm³/mol. The third-order valence-electron chi connectivity index (χ3n) is 3.59. The molecule has 0 aliphatic rings. The van der Waals surface area contributed by atoms with Crippen LogP contribution in [0.3, 0.4) is 0 Å². The molecule has 1 atom stereocenters. The van der Waals surface area contributed by atoms with Gasteiger partial charge in [-0.2, -0.15) is 0 Å². The van der Waals surface area contributed by atoms with E-state index < -0.39 is 0 Å². The molecule has 0 aliphatic heterocycles. The normalized spacial score (nSPS) is 12.9. The molecule has 23 heavy (non-hydrogen) atoms. The van der Waals surface area contributed by atoms with Crippen molar-refractivity contribution in [2.45, 2.75) is 25.8 Å². The molecule has 0 radical (unpaired) electrons. The predicted octanol–water partition coefficient (Wildman–Crippen LogP) is 3.80. The number of phenolic OH excluding ortho intramolecular Hbond substituents is 2. The zero-order valence-corrected chi connectivity index (χ0v) is 13.3. The maximum absolute atomic E-state index is 9.72. The minimum atomic E-state index is 0.163. The van der Waals surface area contributed by atoms with Crippen molar-refractivity contribution in [3.05, 3.63) is 59.7 Å². The standard InChI is InChI=1S/C19H22N2O2/c1-2-17(21-14-16-8-4-6-10-19(16)23)11-12-20-13-15-7-3-5-9-18(15)22/h3-10,13-14,17,22-23H,2,11-12H2,1H3. The van der Waals surface area contributed by atoms with E-state index in [4.69, 9.17) is 0 Å². The van der Waals surface area contributed by atoms with Gasteiger partial charge in [-0.15, -0.1) is 0 Å². The molecule has 4 heteroatoms. The second kappa shape index (κ2) is 8.73. The molecule has 0 heterocycles. The monoisotopic (exact) mass is 310 g/mol. The second-order valence-corrected chi connectivity index (χ2v) is 5.28. The van der Waals surface area contributed by atoms with Crippen molar-refractivity contribution < 1.29 is 10.2 Å². The molecule has 0 bridgehead atoms. The minimum Gasteiger partial charge on any atom is -0.507 e. The van der Waals surface area contributed by atoms with Crippen molar-refractivity contribution in [2.75, 3.05) is 6.54 Å². The lowest BCUT2D eigenvalue weighted by Gasteiger charge is -2.08. The van der Waals surface area contributed by atoms with Gasteiger partial charge in [0.2, 0.25) is 0 Å². The Bertz CT molecular complexity index is 681. The van der Waals surface area contributed by atoms with E-state index in [-0.39, 0.29) is 17.5 Å². The number of hydrogen-bond acceptors (Lipinski definition) is 4. The average molecular weight is 310 g/mol. The highest BCUT2D eigenvalue weighted by Crippen LogP contribution is 2.15. The van der Waals surface area contributed by atoms with Crippen molar-refractivity contribution in [1.82, 2.24) is 0 Å². The Hall–Kier alpha value is -2.62. The fourth-order valence-corrected chi connectivity index (χ4v) is 2.15. The SMILES string of the molecule is CCC(CCN=Cc1ccccc1O)N=Cc1ccccc1O. The van der Waals surface area contributed by atoms with Crippen LogP contribution in [0.5, 0.6) is 11.5 Å². The zero-order chi connectivity index (χ0) is 16.5. The summed E-state index contributed by atoms with van der Waals surface area (Å²) in [4.78, 5) is 8.88. The molecular formula is C19H22N2O2. The first-order chi connectivity index (χ1) is 11.2. The van der Waals surface area contributed by atoms with Crippen LogP contribution >= 0.6 is 0 Å². The van der Waals surface area contributed by atoms with E-state index in [0.717, 1.165) is 24.0 Å². The van der Waals surface area contributed by atoms with Crippen LogP contribution in [0.1, 0.15) is 30.9 Å². The zero-order valence-electron chi connectivity index (χ0n) is 13.3. The number of benzene rings is 2. The Balaban J connectivity index is 1.88. The van der Waals surface area contributed by atoms with Gasteiger partial charge in [-0.3, -0.25) is 9.98 Å². The molecule has 0 fully saturated rings. The van der Waals surface area contributed by atoms with Gasteiger partial charge in [-0.05, 0) is 37.1 Å². The summed E-state index contributed by atoms with van der Waals surface area (Å²) in [5.74, 6) is 0.476. The molecule has 2 aromatic rings. The Morgan fingerprint density at radius 2 is 1.48 bits per heavy atom. The molecule has 0 amide bonds. The van der Waals surface area contributed by atoms with E-state index in [1.54, 1.807) is 36.7 Å². The lowest BCUT2D eigenvalue weighted by molar-refractivity contribution is 0.474. The van der Waals surface area contributed by atoms with Crippen LogP contribution in [0, 0.1) is 0 Å². The topological polar surface area (TPSA) is 65.2 Å². The fraction of sp³-hybridized carbons (Fsp3) is 0.263. The highest BCUT2D eigenvalue weighted by Gasteiger charge is 2.03. The van der Waals surface area contributed by atoms with Crippen molar-refractivity contribution >= 4 is 12.4 Å². The number of aliphatic imine (C=N–C) groups is 2. The Morgan fingerprint density at radius 1 is 0.913 bits per heavy atom. The molecule has 4 nitrogen and oxygen atoms in total. The van der Waals surface area contributed by atoms with Gasteiger partial charge in [0.1, 0.15) is 11.5 Å². The molecule has 1 unspecified atom stereocenters. The number of para-hydroxylation sites is 2. The summed E-state index contributed by atoms with van der Waals surface area (Å²) < 4.78 is 0. The van der Waals surface area contributed by atoms with Crippen molar-refractivity contribution in [2.24, 2.45) is 9.98 Å². The van der Waals surface area contributed by atoms with E-state index in [1.807, 2.05) is 24.3 Å². The molecule has 120 valence electrons. The quantitative estimate of drug-likeness (QED) is 0.764. The molecule has 0 aliphatic carbocycles. The smallest absolute Gasteiger partial charge is 0.124 e. The van der Waals surface area contributed by atoms with E-state index in [1.165, 1.54) is 0 Å². The molecule has 2 aromatic carbocycles. The van der Waals surface area contributed by atoms with Crippen LogP contribution in [0.4, 0.5) is 0 Å². The summed E-state index contributed by atoms with van der Waals surface area (Å²) in [7, 11) is 0. The molecule has 0 saturated carbocycles. The summed E-state index contributed by atoms with van der Waals surface area (Å²) in [5, 5.41) is 19.4. The summed E-state index contributed by atoms with van der Waals surface area (Å²) in [5.41, 5.74) is 1.45. The summed E-state index contributed by atoms with van der Waals surface area (Å²) >= 11 is 0. The van der Waals surface area contributed by atoms with Gasteiger partial charge in [0, 0.05) is 30.1 Å². The highest BCUT2D eigenvalue weighted by molar-refractivity contribution is 5.83. The van der Waals surface area contributed by atoms with Crippen LogP contribution in [-0.4, -0.2) is 35.2 Å². The Morgan fingerprint density at radius 3 is 2.04 bits per heavy atom. The van der Waals surface area contributed by atoms with Gasteiger partial charge < -0.3 is 10.2 Å². The average Bonchev–Trinajstić information content (AvgIpc) is 2.57. The van der Waals surface area contributed by atoms with Crippen LogP contribution < -0.4 is 0 Å². The molecule has 0 saturated heterocycles. The number of rotatable bonds is 7. The van der Waals surface area contributed by atoms with Gasteiger partial charge in [0.05, 0.1) is 6.04 Å². The summed E-state index contributed by atoms with van der Waals surface area (Å²) in [6.45, 7) is 2.73. The van der Waals surface area contributed by atoms with E-state index in [9.17, 15) is 10.2 Å². The molecule has 0 spiro atoms. The van der Waals surface area contributed by atoms with Crippen molar-refractivity contribution in [3.63, 3.8) is 0 Å². The molecule has 0 aromatic heterocycles. The third kappa shape index (κ3) is 5.25. The van der Waals surface area contributed by atoms with Crippen LogP contribution in [0.15, 0.2) is 58.5 Å². The fourth-order valence-electron chi connectivity index (χ4n) is 2.15. The highest BCUT2D eigenvalue weighted by atomic mass is 16.3. The van der Waals surface area contributed by atoms with Crippen molar-refractivity contribution in [1.29, 1.82) is 0 Å². The first-order valence-corrected chi connectivity index (χ1v) is 7.79. The maximum atomic E-state index is 9.72. The van der Waals surface area contributed by atoms with Gasteiger partial charge in [0.25, 0.3) is 0 Å². The van der Waals surface area contributed by atoms with Crippen LogP contribution in [-0.2, 0) is 0 Å². The lowest BCUT2D eigenvalue weighted by Crippen LogP contribution is -2.05. The molecular weight excluding hydrogens is 288 g/mol. The number of hydrogen-bond donors (Lipinski definition) is 2. The van der Waals surface area contributed by atoms with Crippen LogP contribution in [0.25, 0.3) is 0 Å². The number of nitrogens with zero attached hydrogens (tertiary/aromatic N) is 2. The third-order valence-corrected chi connectivity index (χ3v) is 3.59.